The Kier molecular flexibility index (Phi) is 2.21. The van der Waals surface area contributed by atoms with Gasteiger partial charge in [-0.3, -0.25) is 4.79 Å². The Bertz CT molecular complexity index is 505. The minimum absolute atomic E-state index is 0.426. The van der Waals surface area contributed by atoms with Crippen molar-refractivity contribution in [2.45, 2.75) is 6.92 Å². The van der Waals surface area contributed by atoms with Gasteiger partial charge in [-0.25, -0.2) is 0 Å². The minimum atomic E-state index is -0.475. The summed E-state index contributed by atoms with van der Waals surface area (Å²) in [5.41, 5.74) is 6.30. The van der Waals surface area contributed by atoms with E-state index >= 15 is 0 Å². The third-order valence-electron chi connectivity index (χ3n) is 1.93. The number of hydrogen-bond donors (Lipinski definition) is 1. The molecule has 2 rings (SSSR count). The molecule has 5 nitrogen and oxygen atoms in total. The van der Waals surface area contributed by atoms with Crippen molar-refractivity contribution in [1.82, 2.24) is 10.1 Å². The van der Waals surface area contributed by atoms with E-state index in [9.17, 15) is 4.79 Å². The Morgan fingerprint density at radius 3 is 2.87 bits per heavy atom. The summed E-state index contributed by atoms with van der Waals surface area (Å²) in [7, 11) is 0. The third kappa shape index (κ3) is 1.85. The predicted octanol–water partition coefficient (Wildman–Crippen LogP) is 1.14. The number of benzene rings is 1. The maximum Gasteiger partial charge on any atom is 0.248 e. The molecule has 0 aliphatic heterocycles. The maximum absolute atomic E-state index is 10.9. The van der Waals surface area contributed by atoms with E-state index in [-0.39, 0.29) is 0 Å². The monoisotopic (exact) mass is 203 g/mol. The molecule has 0 atom stereocenters. The van der Waals surface area contributed by atoms with Gasteiger partial charge in [0.1, 0.15) is 0 Å². The summed E-state index contributed by atoms with van der Waals surface area (Å²) in [5, 5.41) is 3.75. The number of hydrogen-bond acceptors (Lipinski definition) is 4. The first-order chi connectivity index (χ1) is 7.16. The SMILES string of the molecule is Cc1nc(-c2cccc(C(N)=O)c2)no1. The highest BCUT2D eigenvalue weighted by atomic mass is 16.5. The lowest BCUT2D eigenvalue weighted by molar-refractivity contribution is 0.100. The Balaban J connectivity index is 2.45. The van der Waals surface area contributed by atoms with Crippen LogP contribution in [0.4, 0.5) is 0 Å². The summed E-state index contributed by atoms with van der Waals surface area (Å²) in [6, 6.07) is 6.78. The topological polar surface area (TPSA) is 82.0 Å². The molecule has 0 fully saturated rings. The number of nitrogens with zero attached hydrogens (tertiary/aromatic N) is 2. The van der Waals surface area contributed by atoms with E-state index in [1.54, 1.807) is 31.2 Å². The first-order valence-corrected chi connectivity index (χ1v) is 4.37. The van der Waals surface area contributed by atoms with Crippen LogP contribution >= 0.6 is 0 Å². The highest BCUT2D eigenvalue weighted by molar-refractivity contribution is 5.93. The average Bonchev–Trinajstić information content (AvgIpc) is 2.65. The highest BCUT2D eigenvalue weighted by Crippen LogP contribution is 2.16. The molecule has 1 aromatic heterocycles. The van der Waals surface area contributed by atoms with Gasteiger partial charge in [-0.2, -0.15) is 4.98 Å². The van der Waals surface area contributed by atoms with E-state index < -0.39 is 5.91 Å². The van der Waals surface area contributed by atoms with Crippen LogP contribution in [0.3, 0.4) is 0 Å². The fraction of sp³-hybridized carbons (Fsp3) is 0.100. The van der Waals surface area contributed by atoms with Gasteiger partial charge in [0.15, 0.2) is 0 Å². The zero-order valence-corrected chi connectivity index (χ0v) is 8.10. The smallest absolute Gasteiger partial charge is 0.248 e. The van der Waals surface area contributed by atoms with Crippen LogP contribution in [0.1, 0.15) is 16.2 Å². The number of aryl methyl sites for hydroxylation is 1. The van der Waals surface area contributed by atoms with Gasteiger partial charge in [0.2, 0.25) is 17.6 Å². The number of nitrogens with two attached hydrogens (primary N) is 1. The van der Waals surface area contributed by atoms with Gasteiger partial charge >= 0.3 is 0 Å². The van der Waals surface area contributed by atoms with Crippen molar-refractivity contribution in [1.29, 1.82) is 0 Å². The van der Waals surface area contributed by atoms with Crippen molar-refractivity contribution in [3.05, 3.63) is 35.7 Å². The molecule has 1 aromatic carbocycles. The molecule has 0 saturated heterocycles. The number of primary amides is 1. The molecule has 1 amide bonds. The van der Waals surface area contributed by atoms with Crippen molar-refractivity contribution in [2.75, 3.05) is 0 Å². The lowest BCUT2D eigenvalue weighted by atomic mass is 10.1. The fourth-order valence-corrected chi connectivity index (χ4v) is 1.23. The fourth-order valence-electron chi connectivity index (χ4n) is 1.23. The van der Waals surface area contributed by atoms with E-state index in [1.165, 1.54) is 0 Å². The summed E-state index contributed by atoms with van der Waals surface area (Å²) in [5.74, 6) is 0.460. The van der Waals surface area contributed by atoms with Crippen LogP contribution in [0.5, 0.6) is 0 Å². The Morgan fingerprint density at radius 1 is 1.47 bits per heavy atom. The normalized spacial score (nSPS) is 10.2. The number of amides is 1. The lowest BCUT2D eigenvalue weighted by Gasteiger charge is -1.97. The zero-order chi connectivity index (χ0) is 10.8. The van der Waals surface area contributed by atoms with Gasteiger partial charge in [0.05, 0.1) is 0 Å². The molecule has 0 unspecified atom stereocenters. The largest absolute Gasteiger partial charge is 0.366 e. The summed E-state index contributed by atoms with van der Waals surface area (Å²) < 4.78 is 4.84. The van der Waals surface area contributed by atoms with Crippen LogP contribution in [-0.4, -0.2) is 16.0 Å². The summed E-state index contributed by atoms with van der Waals surface area (Å²) in [6.07, 6.45) is 0. The molecule has 2 aromatic rings. The van der Waals surface area contributed by atoms with Crippen LogP contribution in [0.15, 0.2) is 28.8 Å². The van der Waals surface area contributed by atoms with Gasteiger partial charge in [-0.15, -0.1) is 0 Å². The summed E-state index contributed by atoms with van der Waals surface area (Å²) >= 11 is 0. The molecule has 5 heteroatoms. The molecule has 2 N–H and O–H groups in total. The van der Waals surface area contributed by atoms with Crippen LogP contribution in [-0.2, 0) is 0 Å². The molecule has 1 heterocycles. The second kappa shape index (κ2) is 3.53. The highest BCUT2D eigenvalue weighted by Gasteiger charge is 2.07. The van der Waals surface area contributed by atoms with Crippen molar-refractivity contribution in [3.8, 4) is 11.4 Å². The lowest BCUT2D eigenvalue weighted by Crippen LogP contribution is -2.10. The minimum Gasteiger partial charge on any atom is -0.366 e. The van der Waals surface area contributed by atoms with E-state index in [2.05, 4.69) is 10.1 Å². The first kappa shape index (κ1) is 9.39. The van der Waals surface area contributed by atoms with Crippen molar-refractivity contribution in [2.24, 2.45) is 5.73 Å². The average molecular weight is 203 g/mol. The van der Waals surface area contributed by atoms with Crippen LogP contribution in [0, 0.1) is 6.92 Å². The molecular formula is C10H9N3O2. The van der Waals surface area contributed by atoms with E-state index in [1.807, 2.05) is 0 Å². The van der Waals surface area contributed by atoms with Gasteiger partial charge in [-0.1, -0.05) is 17.3 Å². The van der Waals surface area contributed by atoms with Gasteiger partial charge in [0, 0.05) is 18.1 Å². The Hall–Kier alpha value is -2.17. The second-order valence-electron chi connectivity index (χ2n) is 3.08. The molecule has 15 heavy (non-hydrogen) atoms. The zero-order valence-electron chi connectivity index (χ0n) is 8.10. The molecule has 76 valence electrons. The molecular weight excluding hydrogens is 194 g/mol. The Labute approximate surface area is 85.9 Å². The Morgan fingerprint density at radius 2 is 2.27 bits per heavy atom. The van der Waals surface area contributed by atoms with Crippen LogP contribution in [0.2, 0.25) is 0 Å². The predicted molar refractivity (Wildman–Crippen MR) is 53.0 cm³/mol. The molecule has 0 bridgehead atoms. The third-order valence-corrected chi connectivity index (χ3v) is 1.93. The first-order valence-electron chi connectivity index (χ1n) is 4.37. The number of carbonyl (C=O) groups excluding carboxylic acids is 1. The van der Waals surface area contributed by atoms with Crippen LogP contribution < -0.4 is 5.73 Å². The van der Waals surface area contributed by atoms with E-state index in [4.69, 9.17) is 10.3 Å². The molecule has 0 radical (unpaired) electrons. The number of carbonyl (C=O) groups is 1. The maximum atomic E-state index is 10.9. The summed E-state index contributed by atoms with van der Waals surface area (Å²) in [6.45, 7) is 1.70. The van der Waals surface area contributed by atoms with Crippen molar-refractivity contribution in [3.63, 3.8) is 0 Å². The van der Waals surface area contributed by atoms with Crippen molar-refractivity contribution >= 4 is 5.91 Å². The van der Waals surface area contributed by atoms with Gasteiger partial charge < -0.3 is 10.3 Å². The molecule has 0 aliphatic rings. The standard InChI is InChI=1S/C10H9N3O2/c1-6-12-10(13-15-6)8-4-2-3-7(5-8)9(11)14/h2-5H,1H3,(H2,11,14). The van der Waals surface area contributed by atoms with E-state index in [0.717, 1.165) is 0 Å². The summed E-state index contributed by atoms with van der Waals surface area (Å²) in [4.78, 5) is 15.0. The van der Waals surface area contributed by atoms with E-state index in [0.29, 0.717) is 22.8 Å². The second-order valence-corrected chi connectivity index (χ2v) is 3.08. The quantitative estimate of drug-likeness (QED) is 0.793. The van der Waals surface area contributed by atoms with Crippen LogP contribution in [0.25, 0.3) is 11.4 Å². The van der Waals surface area contributed by atoms with Gasteiger partial charge in [-0.05, 0) is 12.1 Å². The van der Waals surface area contributed by atoms with Gasteiger partial charge in [0.25, 0.3) is 0 Å². The number of aromatic nitrogens is 2. The molecule has 0 saturated carbocycles. The molecule has 0 aliphatic carbocycles. The molecule has 0 spiro atoms. The van der Waals surface area contributed by atoms with Crippen molar-refractivity contribution < 1.29 is 9.32 Å². The number of rotatable bonds is 2.